The molecule has 0 bridgehead atoms. The summed E-state index contributed by atoms with van der Waals surface area (Å²) in [5.41, 5.74) is 6.42. The summed E-state index contributed by atoms with van der Waals surface area (Å²) in [5.74, 6) is 0.712. The Kier molecular flexibility index (Phi) is 2.98. The zero-order valence-corrected chi connectivity index (χ0v) is 11.2. The van der Waals surface area contributed by atoms with Crippen LogP contribution in [0.1, 0.15) is 18.9 Å². The van der Waals surface area contributed by atoms with Crippen LogP contribution in [0.5, 0.6) is 5.75 Å². The summed E-state index contributed by atoms with van der Waals surface area (Å²) >= 11 is 1.39. The van der Waals surface area contributed by atoms with Gasteiger partial charge >= 0.3 is 5.69 Å². The molecule has 3 rings (SSSR count). The van der Waals surface area contributed by atoms with Gasteiger partial charge in [-0.25, -0.2) is 9.89 Å². The number of nitrogens with two attached hydrogens (primary N) is 1. The van der Waals surface area contributed by atoms with E-state index in [-0.39, 0.29) is 11.7 Å². The quantitative estimate of drug-likeness (QED) is 0.830. The van der Waals surface area contributed by atoms with Crippen LogP contribution < -0.4 is 16.2 Å². The summed E-state index contributed by atoms with van der Waals surface area (Å²) < 4.78 is 6.81. The number of hydrogen-bond donors (Lipinski definition) is 2. The van der Waals surface area contributed by atoms with Crippen LogP contribution in [0.3, 0.4) is 0 Å². The predicted octanol–water partition coefficient (Wildman–Crippen LogP) is 1.65. The molecule has 3 N–H and O–H groups in total. The highest BCUT2D eigenvalue weighted by Gasteiger charge is 2.28. The maximum absolute atomic E-state index is 11.7. The second-order valence-electron chi connectivity index (χ2n) is 4.42. The van der Waals surface area contributed by atoms with E-state index in [2.05, 4.69) is 10.2 Å². The largest absolute Gasteiger partial charge is 0.497 e. The third-order valence-electron chi connectivity index (χ3n) is 3.00. The van der Waals surface area contributed by atoms with Gasteiger partial charge in [-0.2, -0.15) is 0 Å². The molecule has 1 fully saturated rings. The molecule has 0 unspecified atom stereocenters. The molecule has 1 saturated carbocycles. The summed E-state index contributed by atoms with van der Waals surface area (Å²) in [5, 5.41) is 7.21. The maximum Gasteiger partial charge on any atom is 0.344 e. The van der Waals surface area contributed by atoms with Crippen molar-refractivity contribution in [2.75, 3.05) is 12.8 Å². The Morgan fingerprint density at radius 2 is 2.32 bits per heavy atom. The van der Waals surface area contributed by atoms with Gasteiger partial charge in [-0.1, -0.05) is 0 Å². The fourth-order valence-electron chi connectivity index (χ4n) is 1.86. The van der Waals surface area contributed by atoms with Crippen LogP contribution in [0.4, 0.5) is 5.69 Å². The molecule has 1 aliphatic carbocycles. The first-order valence-electron chi connectivity index (χ1n) is 5.97. The molecule has 19 heavy (non-hydrogen) atoms. The topological polar surface area (TPSA) is 85.9 Å². The predicted molar refractivity (Wildman–Crippen MR) is 72.6 cm³/mol. The minimum Gasteiger partial charge on any atom is -0.497 e. The van der Waals surface area contributed by atoms with Crippen molar-refractivity contribution in [3.05, 3.63) is 28.7 Å². The lowest BCUT2D eigenvalue weighted by atomic mass is 10.3. The Balaban J connectivity index is 1.91. The van der Waals surface area contributed by atoms with Gasteiger partial charge in [0.15, 0.2) is 5.16 Å². The Labute approximate surface area is 114 Å². The number of nitrogens with zero attached hydrogens (tertiary/aromatic N) is 2. The lowest BCUT2D eigenvalue weighted by Gasteiger charge is -2.07. The third-order valence-corrected chi connectivity index (χ3v) is 4.06. The van der Waals surface area contributed by atoms with Crippen LogP contribution in [0.25, 0.3) is 0 Å². The van der Waals surface area contributed by atoms with Crippen LogP contribution in [0.2, 0.25) is 0 Å². The molecule has 0 saturated heterocycles. The number of nitrogen functional groups attached to an aromatic ring is 1. The van der Waals surface area contributed by atoms with Crippen molar-refractivity contribution >= 4 is 17.4 Å². The number of anilines is 1. The van der Waals surface area contributed by atoms with E-state index in [4.69, 9.17) is 10.5 Å². The van der Waals surface area contributed by atoms with E-state index in [1.807, 2.05) is 12.1 Å². The highest BCUT2D eigenvalue weighted by Crippen LogP contribution is 2.39. The average Bonchev–Trinajstić information content (AvgIpc) is 3.17. The van der Waals surface area contributed by atoms with E-state index in [1.165, 1.54) is 11.8 Å². The van der Waals surface area contributed by atoms with Crippen molar-refractivity contribution < 1.29 is 4.74 Å². The molecule has 6 nitrogen and oxygen atoms in total. The zero-order valence-electron chi connectivity index (χ0n) is 10.4. The molecule has 2 aromatic rings. The van der Waals surface area contributed by atoms with Crippen LogP contribution in [-0.2, 0) is 0 Å². The van der Waals surface area contributed by atoms with E-state index in [0.717, 1.165) is 17.7 Å². The van der Waals surface area contributed by atoms with Crippen molar-refractivity contribution in [1.29, 1.82) is 0 Å². The van der Waals surface area contributed by atoms with Gasteiger partial charge in [-0.15, -0.1) is 5.10 Å². The number of nitrogens with one attached hydrogen (secondary N) is 1. The summed E-state index contributed by atoms with van der Waals surface area (Å²) in [4.78, 5) is 12.5. The molecule has 7 heteroatoms. The Hall–Kier alpha value is -1.89. The van der Waals surface area contributed by atoms with Crippen molar-refractivity contribution in [3.8, 4) is 5.75 Å². The third kappa shape index (κ3) is 2.33. The first kappa shape index (κ1) is 12.2. The first-order valence-corrected chi connectivity index (χ1v) is 6.79. The highest BCUT2D eigenvalue weighted by molar-refractivity contribution is 7.99. The first-order chi connectivity index (χ1) is 9.19. The van der Waals surface area contributed by atoms with Gasteiger partial charge in [-0.3, -0.25) is 4.57 Å². The molecular weight excluding hydrogens is 264 g/mol. The van der Waals surface area contributed by atoms with Crippen molar-refractivity contribution in [2.45, 2.75) is 28.9 Å². The van der Waals surface area contributed by atoms with Gasteiger partial charge in [0.05, 0.1) is 7.11 Å². The summed E-state index contributed by atoms with van der Waals surface area (Å²) in [6.07, 6.45) is 2.07. The molecule has 1 aromatic heterocycles. The lowest BCUT2D eigenvalue weighted by Crippen LogP contribution is -2.16. The monoisotopic (exact) mass is 278 g/mol. The number of hydrogen-bond acceptors (Lipinski definition) is 5. The van der Waals surface area contributed by atoms with Crippen LogP contribution in [0.15, 0.2) is 33.0 Å². The summed E-state index contributed by atoms with van der Waals surface area (Å²) in [7, 11) is 1.60. The van der Waals surface area contributed by atoms with Crippen LogP contribution in [0, 0.1) is 0 Å². The normalized spacial score (nSPS) is 14.6. The van der Waals surface area contributed by atoms with Crippen LogP contribution in [-0.4, -0.2) is 21.9 Å². The van der Waals surface area contributed by atoms with Crippen molar-refractivity contribution in [3.63, 3.8) is 0 Å². The maximum atomic E-state index is 11.7. The second-order valence-corrected chi connectivity index (χ2v) is 5.43. The minimum atomic E-state index is -0.155. The number of ether oxygens (including phenoxy) is 1. The van der Waals surface area contributed by atoms with Gasteiger partial charge in [0.1, 0.15) is 5.75 Å². The molecule has 0 radical (unpaired) electrons. The lowest BCUT2D eigenvalue weighted by molar-refractivity contribution is 0.415. The minimum absolute atomic E-state index is 0.155. The number of methoxy groups -OCH3 is 1. The van der Waals surface area contributed by atoms with Gasteiger partial charge in [0.2, 0.25) is 0 Å². The molecule has 1 heterocycles. The van der Waals surface area contributed by atoms with E-state index >= 15 is 0 Å². The van der Waals surface area contributed by atoms with Gasteiger partial charge in [-0.05, 0) is 36.7 Å². The van der Waals surface area contributed by atoms with Crippen LogP contribution >= 0.6 is 11.8 Å². The van der Waals surface area contributed by atoms with E-state index in [9.17, 15) is 4.79 Å². The molecular formula is C12H14N4O2S. The number of benzene rings is 1. The molecule has 1 aromatic carbocycles. The Bertz CT molecular complexity index is 660. The molecule has 1 aliphatic rings. The highest BCUT2D eigenvalue weighted by atomic mass is 32.2. The number of aromatic nitrogens is 3. The molecule has 0 spiro atoms. The van der Waals surface area contributed by atoms with E-state index in [1.54, 1.807) is 17.7 Å². The fraction of sp³-hybridized carbons (Fsp3) is 0.333. The van der Waals surface area contributed by atoms with Crippen molar-refractivity contribution in [2.24, 2.45) is 0 Å². The summed E-state index contributed by atoms with van der Waals surface area (Å²) in [6, 6.07) is 5.75. The van der Waals surface area contributed by atoms with Gasteiger partial charge < -0.3 is 10.5 Å². The Morgan fingerprint density at radius 3 is 2.95 bits per heavy atom. The smallest absolute Gasteiger partial charge is 0.344 e. The summed E-state index contributed by atoms with van der Waals surface area (Å²) in [6.45, 7) is 0. The molecule has 0 aliphatic heterocycles. The molecule has 0 atom stereocenters. The number of rotatable bonds is 4. The molecule has 0 amide bonds. The molecule has 100 valence electrons. The van der Waals surface area contributed by atoms with E-state index in [0.29, 0.717) is 16.6 Å². The van der Waals surface area contributed by atoms with E-state index < -0.39 is 0 Å². The van der Waals surface area contributed by atoms with Gasteiger partial charge in [0.25, 0.3) is 0 Å². The average molecular weight is 278 g/mol. The fourth-order valence-corrected chi connectivity index (χ4v) is 2.79. The zero-order chi connectivity index (χ0) is 13.4. The van der Waals surface area contributed by atoms with Crippen molar-refractivity contribution in [1.82, 2.24) is 14.8 Å². The number of aromatic amines is 1. The number of H-pyrrole nitrogens is 1. The standard InChI is InChI=1S/C12H14N4O2S/c1-18-8-4-5-10(9(13)6-8)19-12-15-14-11(17)16(12)7-2-3-7/h4-7H,2-3,13H2,1H3,(H,14,17). The van der Waals surface area contributed by atoms with Gasteiger partial charge in [0, 0.05) is 22.7 Å². The second kappa shape index (κ2) is 4.65. The SMILES string of the molecule is COc1ccc(Sc2n[nH]c(=O)n2C2CC2)c(N)c1. The Morgan fingerprint density at radius 1 is 1.53 bits per heavy atom.